The lowest BCUT2D eigenvalue weighted by Crippen LogP contribution is -2.30. The van der Waals surface area contributed by atoms with Crippen LogP contribution in [0.1, 0.15) is 387 Å². The van der Waals surface area contributed by atoms with Crippen LogP contribution in [-0.4, -0.2) is 37.2 Å². The smallest absolute Gasteiger partial charge is 0.306 e. The maximum absolute atomic E-state index is 12.9. The van der Waals surface area contributed by atoms with Crippen LogP contribution in [0, 0.1) is 0 Å². The lowest BCUT2D eigenvalue weighted by atomic mass is 10.0. The molecule has 6 heteroatoms. The minimum atomic E-state index is -0.778. The van der Waals surface area contributed by atoms with E-state index in [2.05, 4.69) is 81.5 Å². The van der Waals surface area contributed by atoms with E-state index in [1.165, 1.54) is 257 Å². The molecule has 1 atom stereocenters. The molecule has 6 nitrogen and oxygen atoms in total. The van der Waals surface area contributed by atoms with Gasteiger partial charge in [0.05, 0.1) is 0 Å². The van der Waals surface area contributed by atoms with Gasteiger partial charge in [0.2, 0.25) is 0 Å². The summed E-state index contributed by atoms with van der Waals surface area (Å²) in [5, 5.41) is 0. The Morgan fingerprint density at radius 1 is 0.244 bits per heavy atom. The van der Waals surface area contributed by atoms with Crippen molar-refractivity contribution in [3.05, 3.63) is 60.8 Å². The number of hydrogen-bond donors (Lipinski definition) is 0. The highest BCUT2D eigenvalue weighted by molar-refractivity contribution is 5.71. The minimum absolute atomic E-state index is 0.0734. The van der Waals surface area contributed by atoms with Crippen molar-refractivity contribution in [2.24, 2.45) is 0 Å². The summed E-state index contributed by atoms with van der Waals surface area (Å²) in [4.78, 5) is 38.4. The number of ether oxygens (including phenoxy) is 3. The van der Waals surface area contributed by atoms with E-state index in [4.69, 9.17) is 14.2 Å². The van der Waals surface area contributed by atoms with Gasteiger partial charge in [0, 0.05) is 19.3 Å². The van der Waals surface area contributed by atoms with Crippen molar-refractivity contribution in [3.8, 4) is 0 Å². The van der Waals surface area contributed by atoms with Crippen molar-refractivity contribution in [1.82, 2.24) is 0 Å². The molecule has 0 fully saturated rings. The van der Waals surface area contributed by atoms with Crippen LogP contribution in [0.2, 0.25) is 0 Å². The van der Waals surface area contributed by atoms with Gasteiger partial charge >= 0.3 is 17.9 Å². The second-order valence-electron chi connectivity index (χ2n) is 24.5. The molecular weight excluding hydrogens is 1010 g/mol. The molecule has 0 saturated carbocycles. The van der Waals surface area contributed by atoms with Gasteiger partial charge in [0.25, 0.3) is 0 Å². The highest BCUT2D eigenvalue weighted by atomic mass is 16.6. The maximum Gasteiger partial charge on any atom is 0.306 e. The fourth-order valence-electron chi connectivity index (χ4n) is 10.8. The van der Waals surface area contributed by atoms with Crippen LogP contribution in [0.15, 0.2) is 60.8 Å². The highest BCUT2D eigenvalue weighted by Crippen LogP contribution is 2.18. The number of allylic oxidation sites excluding steroid dienone is 10. The molecule has 0 aliphatic carbocycles. The normalized spacial score (nSPS) is 12.4. The summed E-state index contributed by atoms with van der Waals surface area (Å²) in [5.41, 5.74) is 0. The molecule has 0 saturated heterocycles. The largest absolute Gasteiger partial charge is 0.462 e. The molecular formula is C76H138O6. The van der Waals surface area contributed by atoms with E-state index in [0.717, 1.165) is 89.9 Å². The minimum Gasteiger partial charge on any atom is -0.462 e. The Balaban J connectivity index is 4.15. The van der Waals surface area contributed by atoms with Crippen molar-refractivity contribution in [2.45, 2.75) is 393 Å². The number of esters is 3. The number of carbonyl (C=O) groups excluding carboxylic acids is 3. The van der Waals surface area contributed by atoms with Gasteiger partial charge in [-0.2, -0.15) is 0 Å². The molecule has 0 aromatic carbocycles. The summed E-state index contributed by atoms with van der Waals surface area (Å²) in [6.07, 6.45) is 91.2. The molecule has 0 aliphatic rings. The third-order valence-corrected chi connectivity index (χ3v) is 16.2. The van der Waals surface area contributed by atoms with Gasteiger partial charge in [-0.05, 0) is 83.5 Å². The first-order chi connectivity index (χ1) is 40.5. The van der Waals surface area contributed by atoms with E-state index >= 15 is 0 Å². The lowest BCUT2D eigenvalue weighted by Gasteiger charge is -2.18. The molecule has 478 valence electrons. The Hall–Kier alpha value is -2.89. The van der Waals surface area contributed by atoms with Crippen LogP contribution >= 0.6 is 0 Å². The van der Waals surface area contributed by atoms with Crippen LogP contribution in [0.25, 0.3) is 0 Å². The zero-order chi connectivity index (χ0) is 59.2. The first-order valence-electron chi connectivity index (χ1n) is 36.3. The molecule has 0 radical (unpaired) electrons. The zero-order valence-electron chi connectivity index (χ0n) is 55.0. The van der Waals surface area contributed by atoms with E-state index < -0.39 is 6.10 Å². The number of carbonyl (C=O) groups is 3. The molecule has 0 aromatic heterocycles. The summed E-state index contributed by atoms with van der Waals surface area (Å²) >= 11 is 0. The van der Waals surface area contributed by atoms with Crippen molar-refractivity contribution in [3.63, 3.8) is 0 Å². The second-order valence-corrected chi connectivity index (χ2v) is 24.5. The van der Waals surface area contributed by atoms with Crippen molar-refractivity contribution >= 4 is 17.9 Å². The van der Waals surface area contributed by atoms with Gasteiger partial charge in [-0.25, -0.2) is 0 Å². The Labute approximate surface area is 510 Å². The van der Waals surface area contributed by atoms with Crippen molar-refractivity contribution in [2.75, 3.05) is 13.2 Å². The summed E-state index contributed by atoms with van der Waals surface area (Å²) in [6.45, 7) is 6.64. The highest BCUT2D eigenvalue weighted by Gasteiger charge is 2.19. The van der Waals surface area contributed by atoms with Crippen LogP contribution in [0.4, 0.5) is 0 Å². The SMILES string of the molecule is CCCC/C=C\C/C=C\CCCCCCCC(=O)OCC(COC(=O)CCCCCCCCCCCCCCCCCCCC/C=C\C/C=C\C/C=C\CCCCCCC)OC(=O)CCCCCCCCCCCCCCCCCCC. The molecule has 0 rings (SSSR count). The first-order valence-corrected chi connectivity index (χ1v) is 36.3. The molecule has 0 aliphatic heterocycles. The number of hydrogen-bond acceptors (Lipinski definition) is 6. The summed E-state index contributed by atoms with van der Waals surface area (Å²) in [5.74, 6) is -0.862. The quantitative estimate of drug-likeness (QED) is 0.0261. The number of rotatable bonds is 67. The Morgan fingerprint density at radius 3 is 0.720 bits per heavy atom. The fraction of sp³-hybridized carbons (Fsp3) is 0.829. The van der Waals surface area contributed by atoms with Crippen LogP contribution in [0.5, 0.6) is 0 Å². The first kappa shape index (κ1) is 79.1. The van der Waals surface area contributed by atoms with Crippen LogP contribution < -0.4 is 0 Å². The van der Waals surface area contributed by atoms with Gasteiger partial charge in [-0.3, -0.25) is 14.4 Å². The molecule has 0 amide bonds. The van der Waals surface area contributed by atoms with Crippen molar-refractivity contribution < 1.29 is 28.6 Å². The molecule has 0 bridgehead atoms. The predicted molar refractivity (Wildman–Crippen MR) is 358 cm³/mol. The average molecular weight is 1150 g/mol. The number of unbranched alkanes of at least 4 members (excludes halogenated alkanes) is 46. The summed E-state index contributed by atoms with van der Waals surface area (Å²) in [7, 11) is 0. The third kappa shape index (κ3) is 67.9. The van der Waals surface area contributed by atoms with E-state index in [9.17, 15) is 14.4 Å². The standard InChI is InChI=1S/C76H138O6/c1-4-7-10-13-16-19-22-25-28-30-31-32-33-34-35-36-37-38-39-40-41-42-43-44-45-47-48-51-54-57-60-63-66-69-75(78)81-72-73(71-80-74(77)68-65-62-59-56-53-50-27-24-21-18-15-12-9-6-3)82-76(79)70-67-64-61-58-55-52-49-46-29-26-23-20-17-14-11-8-5-2/h15,18,22,24-25,27,30-31,33-34,73H,4-14,16-17,19-21,23,26,28-29,32,35-72H2,1-3H3/b18-15-,25-22-,27-24-,31-30-,34-33-. The molecule has 0 aromatic rings. The molecule has 82 heavy (non-hydrogen) atoms. The summed E-state index contributed by atoms with van der Waals surface area (Å²) in [6, 6.07) is 0. The van der Waals surface area contributed by atoms with Crippen molar-refractivity contribution in [1.29, 1.82) is 0 Å². The van der Waals surface area contributed by atoms with Gasteiger partial charge in [0.1, 0.15) is 13.2 Å². The monoisotopic (exact) mass is 1150 g/mol. The molecule has 0 heterocycles. The van der Waals surface area contributed by atoms with E-state index in [0.29, 0.717) is 19.3 Å². The lowest BCUT2D eigenvalue weighted by molar-refractivity contribution is -0.167. The van der Waals surface area contributed by atoms with Gasteiger partial charge in [-0.15, -0.1) is 0 Å². The van der Waals surface area contributed by atoms with Gasteiger partial charge < -0.3 is 14.2 Å². The molecule has 0 N–H and O–H groups in total. The maximum atomic E-state index is 12.9. The Bertz CT molecular complexity index is 1460. The topological polar surface area (TPSA) is 78.9 Å². The third-order valence-electron chi connectivity index (χ3n) is 16.2. The van der Waals surface area contributed by atoms with E-state index in [-0.39, 0.29) is 31.1 Å². The van der Waals surface area contributed by atoms with E-state index in [1.807, 2.05) is 0 Å². The van der Waals surface area contributed by atoms with Crippen LogP contribution in [-0.2, 0) is 28.6 Å². The Morgan fingerprint density at radius 2 is 0.451 bits per heavy atom. The van der Waals surface area contributed by atoms with Gasteiger partial charge in [-0.1, -0.05) is 345 Å². The Kier molecular flexibility index (Phi) is 68.1. The molecule has 1 unspecified atom stereocenters. The van der Waals surface area contributed by atoms with Crippen LogP contribution in [0.3, 0.4) is 0 Å². The average Bonchev–Trinajstić information content (AvgIpc) is 3.48. The molecule has 0 spiro atoms. The van der Waals surface area contributed by atoms with Gasteiger partial charge in [0.15, 0.2) is 6.10 Å². The van der Waals surface area contributed by atoms with E-state index in [1.54, 1.807) is 0 Å². The second kappa shape index (κ2) is 70.6. The zero-order valence-corrected chi connectivity index (χ0v) is 55.0. The fourth-order valence-corrected chi connectivity index (χ4v) is 10.8. The summed E-state index contributed by atoms with van der Waals surface area (Å²) < 4.78 is 17.0. The predicted octanol–water partition coefficient (Wildman–Crippen LogP) is 25.1.